The minimum absolute atomic E-state index is 0.0271. The molecular formula is C14H18O5. The second kappa shape index (κ2) is 7.41. The number of ketones is 1. The van der Waals surface area contributed by atoms with Crippen molar-refractivity contribution in [2.24, 2.45) is 0 Å². The predicted octanol–water partition coefficient (Wildman–Crippen LogP) is 1.77. The van der Waals surface area contributed by atoms with E-state index in [1.54, 1.807) is 32.4 Å². The quantitative estimate of drug-likeness (QED) is 0.704. The maximum atomic E-state index is 11.7. The highest BCUT2D eigenvalue weighted by Crippen LogP contribution is 2.23. The Morgan fingerprint density at radius 2 is 1.53 bits per heavy atom. The largest absolute Gasteiger partial charge is 0.497 e. The van der Waals surface area contributed by atoms with Crippen LogP contribution < -0.4 is 9.47 Å². The molecule has 0 aliphatic heterocycles. The summed E-state index contributed by atoms with van der Waals surface area (Å²) in [5.41, 5.74) is 0.797. The van der Waals surface area contributed by atoms with E-state index in [9.17, 15) is 9.59 Å². The van der Waals surface area contributed by atoms with Gasteiger partial charge in [0.05, 0.1) is 27.8 Å². The molecule has 0 heterocycles. The van der Waals surface area contributed by atoms with Crippen molar-refractivity contribution in [3.63, 3.8) is 0 Å². The van der Waals surface area contributed by atoms with Crippen LogP contribution in [0.1, 0.15) is 18.4 Å². The lowest BCUT2D eigenvalue weighted by atomic mass is 10.1. The Hall–Kier alpha value is -2.04. The zero-order valence-electron chi connectivity index (χ0n) is 11.4. The van der Waals surface area contributed by atoms with Crippen molar-refractivity contribution in [2.75, 3.05) is 21.3 Å². The van der Waals surface area contributed by atoms with Crippen LogP contribution in [0.25, 0.3) is 0 Å². The summed E-state index contributed by atoms with van der Waals surface area (Å²) >= 11 is 0. The molecule has 0 N–H and O–H groups in total. The van der Waals surface area contributed by atoms with E-state index in [2.05, 4.69) is 4.74 Å². The van der Waals surface area contributed by atoms with Crippen molar-refractivity contribution in [3.05, 3.63) is 23.8 Å². The van der Waals surface area contributed by atoms with E-state index in [-0.39, 0.29) is 31.0 Å². The summed E-state index contributed by atoms with van der Waals surface area (Å²) in [6, 6.07) is 5.29. The van der Waals surface area contributed by atoms with Gasteiger partial charge in [0.25, 0.3) is 0 Å². The van der Waals surface area contributed by atoms with Crippen LogP contribution in [0, 0.1) is 0 Å². The maximum absolute atomic E-state index is 11.7. The lowest BCUT2D eigenvalue weighted by molar-refractivity contribution is -0.141. The van der Waals surface area contributed by atoms with Gasteiger partial charge in [-0.2, -0.15) is 0 Å². The molecule has 0 spiro atoms. The van der Waals surface area contributed by atoms with E-state index in [0.29, 0.717) is 11.5 Å². The van der Waals surface area contributed by atoms with Gasteiger partial charge in [0, 0.05) is 18.9 Å². The van der Waals surface area contributed by atoms with Gasteiger partial charge in [0.1, 0.15) is 17.3 Å². The molecule has 1 aromatic carbocycles. The monoisotopic (exact) mass is 266 g/mol. The van der Waals surface area contributed by atoms with E-state index >= 15 is 0 Å². The van der Waals surface area contributed by atoms with Crippen LogP contribution in [0.2, 0.25) is 0 Å². The van der Waals surface area contributed by atoms with Crippen molar-refractivity contribution >= 4 is 11.8 Å². The fourth-order valence-corrected chi connectivity index (χ4v) is 1.63. The van der Waals surface area contributed by atoms with Crippen LogP contribution in [0.4, 0.5) is 0 Å². The number of benzene rings is 1. The SMILES string of the molecule is COC(=O)CCC(=O)Cc1cc(OC)cc(OC)c1. The van der Waals surface area contributed by atoms with Crippen molar-refractivity contribution in [3.8, 4) is 11.5 Å². The number of carbonyl (C=O) groups excluding carboxylic acids is 2. The summed E-state index contributed by atoms with van der Waals surface area (Å²) < 4.78 is 14.8. The van der Waals surface area contributed by atoms with Gasteiger partial charge in [-0.15, -0.1) is 0 Å². The van der Waals surface area contributed by atoms with Gasteiger partial charge in [-0.1, -0.05) is 0 Å². The molecule has 1 aromatic rings. The maximum Gasteiger partial charge on any atom is 0.305 e. The molecule has 0 radical (unpaired) electrons. The van der Waals surface area contributed by atoms with Crippen molar-refractivity contribution in [2.45, 2.75) is 19.3 Å². The summed E-state index contributed by atoms with van der Waals surface area (Å²) in [4.78, 5) is 22.7. The van der Waals surface area contributed by atoms with Crippen LogP contribution in [0.3, 0.4) is 0 Å². The normalized spacial score (nSPS) is 9.84. The molecular weight excluding hydrogens is 248 g/mol. The fraction of sp³-hybridized carbons (Fsp3) is 0.429. The summed E-state index contributed by atoms with van der Waals surface area (Å²) in [6.45, 7) is 0. The van der Waals surface area contributed by atoms with E-state index < -0.39 is 0 Å². The number of ether oxygens (including phenoxy) is 3. The Balaban J connectivity index is 2.65. The van der Waals surface area contributed by atoms with E-state index in [1.165, 1.54) is 7.11 Å². The van der Waals surface area contributed by atoms with E-state index in [0.717, 1.165) is 5.56 Å². The second-order valence-electron chi connectivity index (χ2n) is 4.01. The van der Waals surface area contributed by atoms with Crippen LogP contribution in [0.15, 0.2) is 18.2 Å². The number of rotatable bonds is 7. The Kier molecular flexibility index (Phi) is 5.85. The first-order chi connectivity index (χ1) is 9.08. The lowest BCUT2D eigenvalue weighted by Gasteiger charge is -2.08. The van der Waals surface area contributed by atoms with Gasteiger partial charge in [0.2, 0.25) is 0 Å². The Bertz CT molecular complexity index is 431. The molecule has 19 heavy (non-hydrogen) atoms. The third-order valence-electron chi connectivity index (χ3n) is 2.65. The number of hydrogen-bond donors (Lipinski definition) is 0. The fourth-order valence-electron chi connectivity index (χ4n) is 1.63. The van der Waals surface area contributed by atoms with Gasteiger partial charge in [-0.3, -0.25) is 9.59 Å². The molecule has 0 aliphatic carbocycles. The molecule has 5 heteroatoms. The highest BCUT2D eigenvalue weighted by atomic mass is 16.5. The third kappa shape index (κ3) is 4.99. The van der Waals surface area contributed by atoms with Crippen molar-refractivity contribution in [1.29, 1.82) is 0 Å². The van der Waals surface area contributed by atoms with Gasteiger partial charge in [0.15, 0.2) is 0 Å². The molecule has 0 fully saturated rings. The molecule has 0 aliphatic rings. The summed E-state index contributed by atoms with van der Waals surface area (Å²) in [5.74, 6) is 0.863. The van der Waals surface area contributed by atoms with Crippen LogP contribution in [-0.4, -0.2) is 33.1 Å². The average molecular weight is 266 g/mol. The lowest BCUT2D eigenvalue weighted by Crippen LogP contribution is -2.08. The smallest absolute Gasteiger partial charge is 0.305 e. The summed E-state index contributed by atoms with van der Waals surface area (Å²) in [6.07, 6.45) is 0.521. The number of esters is 1. The minimum Gasteiger partial charge on any atom is -0.497 e. The topological polar surface area (TPSA) is 61.8 Å². The van der Waals surface area contributed by atoms with E-state index in [1.807, 2.05) is 0 Å². The molecule has 0 atom stereocenters. The molecule has 0 bridgehead atoms. The third-order valence-corrected chi connectivity index (χ3v) is 2.65. The van der Waals surface area contributed by atoms with Crippen molar-refractivity contribution in [1.82, 2.24) is 0 Å². The number of Topliss-reactive ketones (excluding diaryl/α,β-unsaturated/α-hetero) is 1. The Morgan fingerprint density at radius 1 is 0.947 bits per heavy atom. The molecule has 1 rings (SSSR count). The standard InChI is InChI=1S/C14H18O5/c1-17-12-7-10(8-13(9-12)18-2)6-11(15)4-5-14(16)19-3/h7-9H,4-6H2,1-3H3. The highest BCUT2D eigenvalue weighted by molar-refractivity contribution is 5.84. The molecule has 0 unspecified atom stereocenters. The summed E-state index contributed by atoms with van der Waals surface area (Å²) in [7, 11) is 4.41. The zero-order valence-corrected chi connectivity index (χ0v) is 11.4. The number of carbonyl (C=O) groups is 2. The first kappa shape index (κ1) is 15.0. The molecule has 5 nitrogen and oxygen atoms in total. The molecule has 104 valence electrons. The predicted molar refractivity (Wildman–Crippen MR) is 69.5 cm³/mol. The van der Waals surface area contributed by atoms with Crippen LogP contribution in [-0.2, 0) is 20.7 Å². The Morgan fingerprint density at radius 3 is 2.00 bits per heavy atom. The highest BCUT2D eigenvalue weighted by Gasteiger charge is 2.10. The van der Waals surface area contributed by atoms with Gasteiger partial charge in [-0.25, -0.2) is 0 Å². The first-order valence-electron chi connectivity index (χ1n) is 5.89. The van der Waals surface area contributed by atoms with Gasteiger partial charge < -0.3 is 14.2 Å². The molecule has 0 amide bonds. The summed E-state index contributed by atoms with van der Waals surface area (Å²) in [5, 5.41) is 0. The van der Waals surface area contributed by atoms with Gasteiger partial charge >= 0.3 is 5.97 Å². The first-order valence-corrected chi connectivity index (χ1v) is 5.89. The average Bonchev–Trinajstić information content (AvgIpc) is 2.44. The molecule has 0 saturated carbocycles. The molecule has 0 aromatic heterocycles. The Labute approximate surface area is 112 Å². The van der Waals surface area contributed by atoms with Crippen LogP contribution in [0.5, 0.6) is 11.5 Å². The minimum atomic E-state index is -0.378. The van der Waals surface area contributed by atoms with Crippen LogP contribution >= 0.6 is 0 Å². The number of hydrogen-bond acceptors (Lipinski definition) is 5. The second-order valence-corrected chi connectivity index (χ2v) is 4.01. The van der Waals surface area contributed by atoms with Gasteiger partial charge in [-0.05, 0) is 17.7 Å². The number of methoxy groups -OCH3 is 3. The van der Waals surface area contributed by atoms with E-state index in [4.69, 9.17) is 9.47 Å². The zero-order chi connectivity index (χ0) is 14.3. The molecule has 0 saturated heterocycles. The van der Waals surface area contributed by atoms with Crippen molar-refractivity contribution < 1.29 is 23.8 Å².